The van der Waals surface area contributed by atoms with Gasteiger partial charge in [-0.1, -0.05) is 57.9 Å². The first-order valence-corrected chi connectivity index (χ1v) is 8.34. The first-order valence-electron chi connectivity index (χ1n) is 8.34. The minimum atomic E-state index is -0.467. The van der Waals surface area contributed by atoms with Gasteiger partial charge in [0.1, 0.15) is 11.6 Å². The predicted octanol–water partition coefficient (Wildman–Crippen LogP) is 5.76. The van der Waals surface area contributed by atoms with Gasteiger partial charge in [0.15, 0.2) is 0 Å². The van der Waals surface area contributed by atoms with Crippen molar-refractivity contribution in [1.82, 2.24) is 5.32 Å². The zero-order valence-corrected chi connectivity index (χ0v) is 13.4. The van der Waals surface area contributed by atoms with Crippen molar-refractivity contribution in [2.24, 2.45) is 0 Å². The van der Waals surface area contributed by atoms with E-state index in [2.05, 4.69) is 12.2 Å². The van der Waals surface area contributed by atoms with Gasteiger partial charge in [-0.2, -0.15) is 0 Å². The van der Waals surface area contributed by atoms with Crippen LogP contribution in [0.3, 0.4) is 0 Å². The van der Waals surface area contributed by atoms with Crippen molar-refractivity contribution in [1.29, 1.82) is 0 Å². The molecule has 0 spiro atoms. The minimum Gasteiger partial charge on any atom is -0.310 e. The lowest BCUT2D eigenvalue weighted by atomic mass is 10.1. The fourth-order valence-electron chi connectivity index (χ4n) is 2.60. The van der Waals surface area contributed by atoms with Crippen LogP contribution >= 0.6 is 0 Å². The Morgan fingerprint density at radius 2 is 1.43 bits per heavy atom. The summed E-state index contributed by atoms with van der Waals surface area (Å²) in [6, 6.07) is 3.75. The number of nitrogens with one attached hydrogen (secondary N) is 1. The SMILES string of the molecule is CCCCCCCCCCNC(C)c1c(F)cccc1F. The van der Waals surface area contributed by atoms with E-state index in [1.54, 1.807) is 0 Å². The standard InChI is InChI=1S/C18H29F2N/c1-3-4-5-6-7-8-9-10-14-21-15(2)18-16(19)12-11-13-17(18)20/h11-13,15,21H,3-10,14H2,1-2H3. The lowest BCUT2D eigenvalue weighted by Gasteiger charge is -2.15. The van der Waals surface area contributed by atoms with Gasteiger partial charge in [0.2, 0.25) is 0 Å². The molecule has 1 nitrogen and oxygen atoms in total. The molecule has 1 atom stereocenters. The molecular formula is C18H29F2N. The maximum Gasteiger partial charge on any atom is 0.130 e. The fraction of sp³-hybridized carbons (Fsp3) is 0.667. The number of hydrogen-bond acceptors (Lipinski definition) is 1. The molecule has 0 heterocycles. The monoisotopic (exact) mass is 297 g/mol. The fourth-order valence-corrected chi connectivity index (χ4v) is 2.60. The second-order valence-electron chi connectivity index (χ2n) is 5.79. The Morgan fingerprint density at radius 3 is 2.00 bits per heavy atom. The highest BCUT2D eigenvalue weighted by Gasteiger charge is 2.14. The van der Waals surface area contributed by atoms with Crippen LogP contribution in [0.1, 0.15) is 76.8 Å². The van der Waals surface area contributed by atoms with Gasteiger partial charge >= 0.3 is 0 Å². The summed E-state index contributed by atoms with van der Waals surface area (Å²) in [4.78, 5) is 0. The van der Waals surface area contributed by atoms with Crippen molar-refractivity contribution in [3.05, 3.63) is 35.4 Å². The molecule has 0 radical (unpaired) electrons. The maximum atomic E-state index is 13.6. The van der Waals surface area contributed by atoms with Crippen molar-refractivity contribution in [2.45, 2.75) is 71.3 Å². The Labute approximate surface area is 128 Å². The Balaban J connectivity index is 2.12. The normalized spacial score (nSPS) is 12.6. The molecule has 1 aromatic carbocycles. The van der Waals surface area contributed by atoms with E-state index in [1.165, 1.54) is 63.1 Å². The van der Waals surface area contributed by atoms with Crippen molar-refractivity contribution >= 4 is 0 Å². The highest BCUT2D eigenvalue weighted by atomic mass is 19.1. The van der Waals surface area contributed by atoms with E-state index in [0.717, 1.165) is 13.0 Å². The molecule has 21 heavy (non-hydrogen) atoms. The number of hydrogen-bond donors (Lipinski definition) is 1. The summed E-state index contributed by atoms with van der Waals surface area (Å²) in [5.41, 5.74) is 0.150. The number of unbranched alkanes of at least 4 members (excludes halogenated alkanes) is 7. The number of halogens is 2. The topological polar surface area (TPSA) is 12.0 Å². The van der Waals surface area contributed by atoms with Crippen LogP contribution in [-0.4, -0.2) is 6.54 Å². The third-order valence-corrected chi connectivity index (χ3v) is 3.91. The summed E-state index contributed by atoms with van der Waals surface area (Å²) in [5, 5.41) is 3.21. The van der Waals surface area contributed by atoms with Gasteiger partial charge in [0.05, 0.1) is 0 Å². The molecule has 0 aliphatic carbocycles. The molecule has 0 aliphatic heterocycles. The van der Waals surface area contributed by atoms with Gasteiger partial charge < -0.3 is 5.32 Å². The molecule has 0 aliphatic rings. The Morgan fingerprint density at radius 1 is 0.905 bits per heavy atom. The summed E-state index contributed by atoms with van der Waals surface area (Å²) < 4.78 is 27.2. The largest absolute Gasteiger partial charge is 0.310 e. The van der Waals surface area contributed by atoms with Crippen LogP contribution < -0.4 is 5.32 Å². The molecule has 0 aromatic heterocycles. The molecule has 0 amide bonds. The van der Waals surface area contributed by atoms with E-state index in [1.807, 2.05) is 6.92 Å². The molecule has 1 unspecified atom stereocenters. The molecule has 1 rings (SSSR count). The van der Waals surface area contributed by atoms with Crippen molar-refractivity contribution in [3.8, 4) is 0 Å². The van der Waals surface area contributed by atoms with Crippen LogP contribution in [0.25, 0.3) is 0 Å². The first-order chi connectivity index (χ1) is 10.2. The molecule has 0 bridgehead atoms. The van der Waals surface area contributed by atoms with Crippen LogP contribution in [0.2, 0.25) is 0 Å². The summed E-state index contributed by atoms with van der Waals surface area (Å²) in [6.45, 7) is 4.85. The number of rotatable bonds is 11. The molecule has 0 fully saturated rings. The van der Waals surface area contributed by atoms with Crippen molar-refractivity contribution in [3.63, 3.8) is 0 Å². The summed E-state index contributed by atoms with van der Waals surface area (Å²) >= 11 is 0. The third kappa shape index (κ3) is 7.03. The molecule has 0 saturated heterocycles. The van der Waals surface area contributed by atoms with Crippen LogP contribution in [-0.2, 0) is 0 Å². The number of benzene rings is 1. The Hall–Kier alpha value is -0.960. The quantitative estimate of drug-likeness (QED) is 0.512. The molecular weight excluding hydrogens is 268 g/mol. The van der Waals surface area contributed by atoms with Crippen molar-refractivity contribution < 1.29 is 8.78 Å². The van der Waals surface area contributed by atoms with Gasteiger partial charge in [-0.3, -0.25) is 0 Å². The van der Waals surface area contributed by atoms with Crippen LogP contribution in [0, 0.1) is 11.6 Å². The smallest absolute Gasteiger partial charge is 0.130 e. The Kier molecular flexibility index (Phi) is 9.24. The van der Waals surface area contributed by atoms with Gasteiger partial charge in [0, 0.05) is 11.6 Å². The molecule has 3 heteroatoms. The van der Waals surface area contributed by atoms with E-state index < -0.39 is 11.6 Å². The Bertz CT molecular complexity index is 373. The second kappa shape index (κ2) is 10.7. The van der Waals surface area contributed by atoms with Gasteiger partial charge in [-0.25, -0.2) is 8.78 Å². The summed E-state index contributed by atoms with van der Waals surface area (Å²) in [7, 11) is 0. The first kappa shape index (κ1) is 18.1. The summed E-state index contributed by atoms with van der Waals surface area (Å²) in [5.74, 6) is -0.933. The zero-order chi connectivity index (χ0) is 15.5. The van der Waals surface area contributed by atoms with E-state index in [4.69, 9.17) is 0 Å². The maximum absolute atomic E-state index is 13.6. The lowest BCUT2D eigenvalue weighted by molar-refractivity contribution is 0.475. The highest BCUT2D eigenvalue weighted by molar-refractivity contribution is 5.22. The molecule has 120 valence electrons. The second-order valence-corrected chi connectivity index (χ2v) is 5.79. The van der Waals surface area contributed by atoms with Crippen LogP contribution in [0.15, 0.2) is 18.2 Å². The lowest BCUT2D eigenvalue weighted by Crippen LogP contribution is -2.21. The van der Waals surface area contributed by atoms with Crippen LogP contribution in [0.5, 0.6) is 0 Å². The molecule has 1 N–H and O–H groups in total. The van der Waals surface area contributed by atoms with E-state index in [9.17, 15) is 8.78 Å². The van der Waals surface area contributed by atoms with Crippen LogP contribution in [0.4, 0.5) is 8.78 Å². The summed E-state index contributed by atoms with van der Waals surface area (Å²) in [6.07, 6.45) is 10.1. The molecule has 0 saturated carbocycles. The predicted molar refractivity (Wildman–Crippen MR) is 85.4 cm³/mol. The minimum absolute atomic E-state index is 0.150. The highest BCUT2D eigenvalue weighted by Crippen LogP contribution is 2.20. The van der Waals surface area contributed by atoms with Gasteiger partial charge in [-0.15, -0.1) is 0 Å². The molecule has 1 aromatic rings. The average Bonchev–Trinajstić information content (AvgIpc) is 2.45. The van der Waals surface area contributed by atoms with Gasteiger partial charge in [0.25, 0.3) is 0 Å². The average molecular weight is 297 g/mol. The third-order valence-electron chi connectivity index (χ3n) is 3.91. The van der Waals surface area contributed by atoms with Gasteiger partial charge in [-0.05, 0) is 32.0 Å². The van der Waals surface area contributed by atoms with E-state index in [0.29, 0.717) is 0 Å². The van der Waals surface area contributed by atoms with E-state index >= 15 is 0 Å². The zero-order valence-electron chi connectivity index (χ0n) is 13.4. The van der Waals surface area contributed by atoms with E-state index in [-0.39, 0.29) is 11.6 Å². The van der Waals surface area contributed by atoms with Crippen molar-refractivity contribution in [2.75, 3.05) is 6.54 Å².